The maximum Gasteiger partial charge on any atom is 0.266 e. The fourth-order valence-corrected chi connectivity index (χ4v) is 3.03. The first kappa shape index (κ1) is 14.2. The molecule has 1 amide bonds. The third-order valence-corrected chi connectivity index (χ3v) is 4.15. The topological polar surface area (TPSA) is 20.3 Å². The van der Waals surface area contributed by atoms with Crippen molar-refractivity contribution in [3.8, 4) is 0 Å². The molecule has 5 heteroatoms. The Bertz CT molecular complexity index is 525. The van der Waals surface area contributed by atoms with E-state index < -0.39 is 0 Å². The van der Waals surface area contributed by atoms with E-state index >= 15 is 0 Å². The first-order chi connectivity index (χ1) is 9.11. The molecule has 1 fully saturated rings. The molecule has 1 aliphatic heterocycles. The second-order valence-electron chi connectivity index (χ2n) is 4.24. The molecule has 19 heavy (non-hydrogen) atoms. The minimum Gasteiger partial charge on any atom is -0.293 e. The van der Waals surface area contributed by atoms with Gasteiger partial charge in [0.15, 0.2) is 0 Å². The summed E-state index contributed by atoms with van der Waals surface area (Å²) in [5.41, 5.74) is 0.803. The molecular formula is C14H14FNOS2. The van der Waals surface area contributed by atoms with Crippen LogP contribution in [-0.4, -0.2) is 21.7 Å². The summed E-state index contributed by atoms with van der Waals surface area (Å²) in [6.07, 6.45) is 3.72. The lowest BCUT2D eigenvalue weighted by Crippen LogP contribution is -2.28. The van der Waals surface area contributed by atoms with Crippen LogP contribution in [0.3, 0.4) is 0 Å². The Labute approximate surface area is 121 Å². The number of unbranched alkanes of at least 4 members (excludes halogenated alkanes) is 1. The number of thiocarbonyl (C=S) groups is 1. The Morgan fingerprint density at radius 1 is 1.37 bits per heavy atom. The molecule has 0 unspecified atom stereocenters. The van der Waals surface area contributed by atoms with Crippen LogP contribution in [0.1, 0.15) is 25.3 Å². The summed E-state index contributed by atoms with van der Waals surface area (Å²) in [5.74, 6) is -0.333. The molecule has 1 aliphatic rings. The monoisotopic (exact) mass is 295 g/mol. The van der Waals surface area contributed by atoms with Gasteiger partial charge in [-0.1, -0.05) is 49.5 Å². The van der Waals surface area contributed by atoms with Crippen molar-refractivity contribution < 1.29 is 9.18 Å². The second-order valence-corrected chi connectivity index (χ2v) is 5.91. The number of carbonyl (C=O) groups is 1. The van der Waals surface area contributed by atoms with E-state index in [0.717, 1.165) is 18.4 Å². The van der Waals surface area contributed by atoms with Crippen LogP contribution in [0.5, 0.6) is 0 Å². The molecule has 0 aliphatic carbocycles. The fourth-order valence-electron chi connectivity index (χ4n) is 1.72. The molecule has 0 spiro atoms. The molecule has 0 saturated carbocycles. The van der Waals surface area contributed by atoms with Gasteiger partial charge in [-0.05, 0) is 30.2 Å². The summed E-state index contributed by atoms with van der Waals surface area (Å²) < 4.78 is 13.4. The van der Waals surface area contributed by atoms with Crippen LogP contribution >= 0.6 is 24.0 Å². The highest BCUT2D eigenvalue weighted by Crippen LogP contribution is 2.32. The highest BCUT2D eigenvalue weighted by Gasteiger charge is 2.31. The molecule has 100 valence electrons. The van der Waals surface area contributed by atoms with Gasteiger partial charge in [-0.25, -0.2) is 4.39 Å². The zero-order valence-corrected chi connectivity index (χ0v) is 12.2. The van der Waals surface area contributed by atoms with E-state index in [9.17, 15) is 9.18 Å². The molecular weight excluding hydrogens is 281 g/mol. The summed E-state index contributed by atoms with van der Waals surface area (Å²) in [5, 5.41) is 0. The largest absolute Gasteiger partial charge is 0.293 e. The van der Waals surface area contributed by atoms with Crippen molar-refractivity contribution in [2.75, 3.05) is 6.54 Å². The quantitative estimate of drug-likeness (QED) is 0.622. The molecule has 2 nitrogen and oxygen atoms in total. The minimum atomic E-state index is -0.285. The number of thioether (sulfide) groups is 1. The predicted octanol–water partition coefficient (Wildman–Crippen LogP) is 3.83. The van der Waals surface area contributed by atoms with Crippen molar-refractivity contribution in [2.45, 2.75) is 19.8 Å². The standard InChI is InChI=1S/C14H14FNOS2/c1-2-3-8-16-13(17)12(19-14(16)18)9-10-4-6-11(15)7-5-10/h4-7,9H,2-3,8H2,1H3. The maximum atomic E-state index is 12.8. The van der Waals surface area contributed by atoms with Crippen molar-refractivity contribution in [2.24, 2.45) is 0 Å². The molecule has 0 aromatic heterocycles. The molecule has 0 atom stereocenters. The average Bonchev–Trinajstić information content (AvgIpc) is 2.65. The number of benzene rings is 1. The summed E-state index contributed by atoms with van der Waals surface area (Å²) in [4.78, 5) is 14.4. The molecule has 1 aromatic rings. The minimum absolute atomic E-state index is 0.0484. The van der Waals surface area contributed by atoms with E-state index in [4.69, 9.17) is 12.2 Å². The zero-order valence-electron chi connectivity index (χ0n) is 10.6. The normalized spacial score (nSPS) is 17.6. The van der Waals surface area contributed by atoms with Crippen molar-refractivity contribution in [1.29, 1.82) is 0 Å². The van der Waals surface area contributed by atoms with E-state index in [2.05, 4.69) is 6.92 Å². The molecule has 1 saturated heterocycles. The number of nitrogens with zero attached hydrogens (tertiary/aromatic N) is 1. The van der Waals surface area contributed by atoms with Crippen molar-refractivity contribution >= 4 is 40.3 Å². The average molecular weight is 295 g/mol. The van der Waals surface area contributed by atoms with Crippen molar-refractivity contribution in [3.05, 3.63) is 40.6 Å². The first-order valence-electron chi connectivity index (χ1n) is 6.12. The van der Waals surface area contributed by atoms with Gasteiger partial charge in [0.25, 0.3) is 5.91 Å². The van der Waals surface area contributed by atoms with Gasteiger partial charge in [-0.3, -0.25) is 9.69 Å². The van der Waals surface area contributed by atoms with Crippen LogP contribution in [-0.2, 0) is 4.79 Å². The van der Waals surface area contributed by atoms with Gasteiger partial charge < -0.3 is 0 Å². The van der Waals surface area contributed by atoms with E-state index in [1.165, 1.54) is 23.9 Å². The lowest BCUT2D eigenvalue weighted by molar-refractivity contribution is -0.122. The Hall–Kier alpha value is -1.20. The molecule has 1 heterocycles. The van der Waals surface area contributed by atoms with Crippen LogP contribution in [0.15, 0.2) is 29.2 Å². The first-order valence-corrected chi connectivity index (χ1v) is 7.35. The van der Waals surface area contributed by atoms with Crippen LogP contribution in [0, 0.1) is 5.82 Å². The maximum absolute atomic E-state index is 12.8. The summed E-state index contributed by atoms with van der Waals surface area (Å²) in [7, 11) is 0. The van der Waals surface area contributed by atoms with Gasteiger partial charge in [0, 0.05) is 6.54 Å². The van der Waals surface area contributed by atoms with Gasteiger partial charge in [0.1, 0.15) is 10.1 Å². The van der Waals surface area contributed by atoms with Gasteiger partial charge in [0.05, 0.1) is 4.91 Å². The Kier molecular flexibility index (Phi) is 4.71. The van der Waals surface area contributed by atoms with Crippen molar-refractivity contribution in [1.82, 2.24) is 4.90 Å². The van der Waals surface area contributed by atoms with E-state index in [0.29, 0.717) is 15.8 Å². The molecule has 0 bridgehead atoms. The molecule has 0 N–H and O–H groups in total. The van der Waals surface area contributed by atoms with Crippen LogP contribution in [0.4, 0.5) is 4.39 Å². The summed E-state index contributed by atoms with van der Waals surface area (Å²) >= 11 is 6.52. The van der Waals surface area contributed by atoms with Gasteiger partial charge in [-0.2, -0.15) is 0 Å². The Balaban J connectivity index is 2.16. The smallest absolute Gasteiger partial charge is 0.266 e. The van der Waals surface area contributed by atoms with Crippen LogP contribution in [0.25, 0.3) is 6.08 Å². The molecule has 2 rings (SSSR count). The highest BCUT2D eigenvalue weighted by atomic mass is 32.2. The molecule has 1 aromatic carbocycles. The summed E-state index contributed by atoms with van der Waals surface area (Å²) in [6.45, 7) is 2.74. The number of hydrogen-bond donors (Lipinski definition) is 0. The number of carbonyl (C=O) groups excluding carboxylic acids is 1. The highest BCUT2D eigenvalue weighted by molar-refractivity contribution is 8.26. The zero-order chi connectivity index (χ0) is 13.8. The Morgan fingerprint density at radius 2 is 2.05 bits per heavy atom. The Morgan fingerprint density at radius 3 is 2.68 bits per heavy atom. The number of amides is 1. The third kappa shape index (κ3) is 3.42. The van der Waals surface area contributed by atoms with E-state index in [1.54, 1.807) is 23.1 Å². The van der Waals surface area contributed by atoms with Crippen LogP contribution in [0.2, 0.25) is 0 Å². The second kappa shape index (κ2) is 6.30. The SMILES string of the molecule is CCCCN1C(=O)C(=Cc2ccc(F)cc2)SC1=S. The molecule has 0 radical (unpaired) electrons. The van der Waals surface area contributed by atoms with E-state index in [1.807, 2.05) is 0 Å². The van der Waals surface area contributed by atoms with Gasteiger partial charge in [-0.15, -0.1) is 0 Å². The predicted molar refractivity (Wildman–Crippen MR) is 81.2 cm³/mol. The third-order valence-electron chi connectivity index (χ3n) is 2.78. The number of hydrogen-bond acceptors (Lipinski definition) is 3. The van der Waals surface area contributed by atoms with Crippen molar-refractivity contribution in [3.63, 3.8) is 0 Å². The number of rotatable bonds is 4. The lowest BCUT2D eigenvalue weighted by Gasteiger charge is -2.12. The number of halogens is 1. The lowest BCUT2D eigenvalue weighted by atomic mass is 10.2. The fraction of sp³-hybridized carbons (Fsp3) is 0.286. The summed E-state index contributed by atoms with van der Waals surface area (Å²) in [6, 6.07) is 6.05. The van der Waals surface area contributed by atoms with E-state index in [-0.39, 0.29) is 11.7 Å². The van der Waals surface area contributed by atoms with Crippen LogP contribution < -0.4 is 0 Å². The van der Waals surface area contributed by atoms with Gasteiger partial charge in [0.2, 0.25) is 0 Å². The van der Waals surface area contributed by atoms with Gasteiger partial charge >= 0.3 is 0 Å².